The van der Waals surface area contributed by atoms with Gasteiger partial charge in [-0.2, -0.15) is 0 Å². The molecule has 2 unspecified atom stereocenters. The minimum atomic E-state index is 0.0804. The van der Waals surface area contributed by atoms with Gasteiger partial charge in [0.15, 0.2) is 0 Å². The Kier molecular flexibility index (Phi) is 2.30. The Morgan fingerprint density at radius 2 is 2.21 bits per heavy atom. The van der Waals surface area contributed by atoms with Crippen molar-refractivity contribution in [2.45, 2.75) is 39.7 Å². The molecule has 1 N–H and O–H groups in total. The van der Waals surface area contributed by atoms with Crippen LogP contribution in [0.4, 0.5) is 0 Å². The van der Waals surface area contributed by atoms with Gasteiger partial charge in [0.2, 0.25) is 5.91 Å². The number of rotatable bonds is 3. The Labute approximate surface area is 85.8 Å². The fourth-order valence-corrected chi connectivity index (χ4v) is 2.23. The van der Waals surface area contributed by atoms with Gasteiger partial charge in [0.05, 0.1) is 12.7 Å². The minimum absolute atomic E-state index is 0.0804. The molecule has 2 fully saturated rings. The Hall–Kier alpha value is -0.570. The molecule has 0 aromatic heterocycles. The Morgan fingerprint density at radius 3 is 2.64 bits per heavy atom. The standard InChI is InChI=1S/C11H20N2O/c1-4-9-10(14)13(7-12-9)6-8-5-11(8,2)3/h8-9,12H,4-7H2,1-3H3. The molecular formula is C11H20N2O. The van der Waals surface area contributed by atoms with Gasteiger partial charge in [0.1, 0.15) is 0 Å². The molecule has 2 atom stereocenters. The molecule has 1 aliphatic carbocycles. The highest BCUT2D eigenvalue weighted by molar-refractivity contribution is 5.83. The zero-order valence-electron chi connectivity index (χ0n) is 9.34. The molecule has 3 nitrogen and oxygen atoms in total. The molecule has 2 rings (SSSR count). The predicted molar refractivity (Wildman–Crippen MR) is 55.7 cm³/mol. The van der Waals surface area contributed by atoms with Crippen molar-refractivity contribution in [2.24, 2.45) is 11.3 Å². The molecule has 1 saturated carbocycles. The normalized spacial score (nSPS) is 35.1. The van der Waals surface area contributed by atoms with Gasteiger partial charge in [0, 0.05) is 6.54 Å². The third-order valence-corrected chi connectivity index (χ3v) is 3.70. The Balaban J connectivity index is 1.86. The molecule has 14 heavy (non-hydrogen) atoms. The van der Waals surface area contributed by atoms with Crippen LogP contribution >= 0.6 is 0 Å². The first kappa shape index (κ1) is 9.97. The molecule has 1 saturated heterocycles. The highest BCUT2D eigenvalue weighted by Gasteiger charge is 2.47. The van der Waals surface area contributed by atoms with E-state index in [1.54, 1.807) is 0 Å². The lowest BCUT2D eigenvalue weighted by Gasteiger charge is -2.16. The molecule has 3 heteroatoms. The van der Waals surface area contributed by atoms with Crippen molar-refractivity contribution in [3.63, 3.8) is 0 Å². The zero-order chi connectivity index (χ0) is 10.3. The maximum atomic E-state index is 11.8. The summed E-state index contributed by atoms with van der Waals surface area (Å²) in [7, 11) is 0. The van der Waals surface area contributed by atoms with E-state index in [1.807, 2.05) is 4.90 Å². The van der Waals surface area contributed by atoms with Crippen LogP contribution in [0.3, 0.4) is 0 Å². The summed E-state index contributed by atoms with van der Waals surface area (Å²) in [4.78, 5) is 13.8. The maximum absolute atomic E-state index is 11.8. The van der Waals surface area contributed by atoms with Crippen LogP contribution in [-0.2, 0) is 4.79 Å². The van der Waals surface area contributed by atoms with Gasteiger partial charge in [-0.1, -0.05) is 20.8 Å². The van der Waals surface area contributed by atoms with Crippen LogP contribution in [-0.4, -0.2) is 30.1 Å². The largest absolute Gasteiger partial charge is 0.328 e. The van der Waals surface area contributed by atoms with Crippen molar-refractivity contribution in [1.29, 1.82) is 0 Å². The van der Waals surface area contributed by atoms with Crippen LogP contribution in [0, 0.1) is 11.3 Å². The molecule has 0 bridgehead atoms. The molecule has 2 aliphatic rings. The van der Waals surface area contributed by atoms with Gasteiger partial charge in [-0.05, 0) is 24.2 Å². The smallest absolute Gasteiger partial charge is 0.240 e. The topological polar surface area (TPSA) is 32.3 Å². The van der Waals surface area contributed by atoms with Gasteiger partial charge >= 0.3 is 0 Å². The summed E-state index contributed by atoms with van der Waals surface area (Å²) in [6, 6.07) is 0.0804. The molecule has 1 amide bonds. The van der Waals surface area contributed by atoms with Gasteiger partial charge < -0.3 is 4.90 Å². The second kappa shape index (κ2) is 3.23. The number of nitrogens with zero attached hydrogens (tertiary/aromatic N) is 1. The number of amides is 1. The Morgan fingerprint density at radius 1 is 1.57 bits per heavy atom. The molecule has 0 aromatic rings. The molecule has 0 radical (unpaired) electrons. The lowest BCUT2D eigenvalue weighted by atomic mass is 10.1. The van der Waals surface area contributed by atoms with E-state index in [9.17, 15) is 4.79 Å². The summed E-state index contributed by atoms with van der Waals surface area (Å²) >= 11 is 0. The lowest BCUT2D eigenvalue weighted by Crippen LogP contribution is -2.31. The second-order valence-corrected chi connectivity index (χ2v) is 5.27. The highest BCUT2D eigenvalue weighted by atomic mass is 16.2. The van der Waals surface area contributed by atoms with Gasteiger partial charge in [-0.15, -0.1) is 0 Å². The molecule has 0 spiro atoms. The van der Waals surface area contributed by atoms with Crippen molar-refractivity contribution < 1.29 is 4.79 Å². The van der Waals surface area contributed by atoms with Crippen molar-refractivity contribution >= 4 is 5.91 Å². The number of hydrogen-bond acceptors (Lipinski definition) is 2. The predicted octanol–water partition coefficient (Wildman–Crippen LogP) is 1.20. The Bertz CT molecular complexity index is 250. The summed E-state index contributed by atoms with van der Waals surface area (Å²) in [5, 5.41) is 3.24. The number of carbonyl (C=O) groups is 1. The maximum Gasteiger partial charge on any atom is 0.240 e. The van der Waals surface area contributed by atoms with E-state index in [-0.39, 0.29) is 6.04 Å². The molecule has 80 valence electrons. The van der Waals surface area contributed by atoms with Crippen molar-refractivity contribution in [3.05, 3.63) is 0 Å². The van der Waals surface area contributed by atoms with E-state index in [4.69, 9.17) is 0 Å². The van der Waals surface area contributed by atoms with Crippen LogP contribution in [0.2, 0.25) is 0 Å². The number of nitrogens with one attached hydrogen (secondary N) is 1. The monoisotopic (exact) mass is 196 g/mol. The van der Waals surface area contributed by atoms with Crippen LogP contribution in [0.15, 0.2) is 0 Å². The van der Waals surface area contributed by atoms with Crippen molar-refractivity contribution in [3.8, 4) is 0 Å². The van der Waals surface area contributed by atoms with Crippen LogP contribution < -0.4 is 5.32 Å². The summed E-state index contributed by atoms with van der Waals surface area (Å²) < 4.78 is 0. The van der Waals surface area contributed by atoms with E-state index in [1.165, 1.54) is 6.42 Å². The fourth-order valence-electron chi connectivity index (χ4n) is 2.23. The van der Waals surface area contributed by atoms with E-state index < -0.39 is 0 Å². The van der Waals surface area contributed by atoms with Gasteiger partial charge in [-0.25, -0.2) is 0 Å². The van der Waals surface area contributed by atoms with Crippen LogP contribution in [0.5, 0.6) is 0 Å². The van der Waals surface area contributed by atoms with Gasteiger partial charge in [-0.3, -0.25) is 10.1 Å². The van der Waals surface area contributed by atoms with Gasteiger partial charge in [0.25, 0.3) is 0 Å². The third kappa shape index (κ3) is 1.65. The average Bonchev–Trinajstić information content (AvgIpc) is 2.54. The summed E-state index contributed by atoms with van der Waals surface area (Å²) in [6.45, 7) is 8.32. The third-order valence-electron chi connectivity index (χ3n) is 3.70. The van der Waals surface area contributed by atoms with Crippen LogP contribution in [0.1, 0.15) is 33.6 Å². The highest BCUT2D eigenvalue weighted by Crippen LogP contribution is 2.51. The average molecular weight is 196 g/mol. The SMILES string of the molecule is CCC1NCN(CC2CC2(C)C)C1=O. The van der Waals surface area contributed by atoms with E-state index in [2.05, 4.69) is 26.1 Å². The fraction of sp³-hybridized carbons (Fsp3) is 0.909. The first-order valence-electron chi connectivity index (χ1n) is 5.57. The minimum Gasteiger partial charge on any atom is -0.328 e. The summed E-state index contributed by atoms with van der Waals surface area (Å²) in [6.07, 6.45) is 2.18. The quantitative estimate of drug-likeness (QED) is 0.735. The molecule has 1 heterocycles. The van der Waals surface area contributed by atoms with E-state index >= 15 is 0 Å². The molecule has 1 aliphatic heterocycles. The van der Waals surface area contributed by atoms with E-state index in [0.29, 0.717) is 11.3 Å². The van der Waals surface area contributed by atoms with E-state index in [0.717, 1.165) is 25.6 Å². The van der Waals surface area contributed by atoms with Crippen molar-refractivity contribution in [1.82, 2.24) is 10.2 Å². The molecular weight excluding hydrogens is 176 g/mol. The van der Waals surface area contributed by atoms with Crippen LogP contribution in [0.25, 0.3) is 0 Å². The summed E-state index contributed by atoms with van der Waals surface area (Å²) in [5.74, 6) is 1.03. The number of carbonyl (C=O) groups excluding carboxylic acids is 1. The first-order chi connectivity index (χ1) is 6.54. The first-order valence-corrected chi connectivity index (χ1v) is 5.57. The second-order valence-electron chi connectivity index (χ2n) is 5.27. The molecule has 0 aromatic carbocycles. The van der Waals surface area contributed by atoms with Crippen molar-refractivity contribution in [2.75, 3.05) is 13.2 Å². The summed E-state index contributed by atoms with van der Waals surface area (Å²) in [5.41, 5.74) is 0.477. The number of hydrogen-bond donors (Lipinski definition) is 1. The lowest BCUT2D eigenvalue weighted by molar-refractivity contribution is -0.129. The zero-order valence-corrected chi connectivity index (χ0v) is 9.34.